The molecule has 96 valence electrons. The van der Waals surface area contributed by atoms with Gasteiger partial charge in [0, 0.05) is 17.9 Å². The Morgan fingerprint density at radius 1 is 1.32 bits per heavy atom. The van der Waals surface area contributed by atoms with Gasteiger partial charge in [-0.3, -0.25) is 0 Å². The van der Waals surface area contributed by atoms with Crippen molar-refractivity contribution in [1.29, 1.82) is 0 Å². The van der Waals surface area contributed by atoms with Crippen LogP contribution in [0.5, 0.6) is 0 Å². The molecule has 0 aliphatic rings. The first-order valence-electron chi connectivity index (χ1n) is 5.73. The summed E-state index contributed by atoms with van der Waals surface area (Å²) >= 11 is 1.32. The number of nitrogens with two attached hydrogens (primary N) is 1. The van der Waals surface area contributed by atoms with Crippen molar-refractivity contribution in [2.45, 2.75) is 13.3 Å². The number of anilines is 1. The van der Waals surface area contributed by atoms with E-state index in [1.54, 1.807) is 0 Å². The Bertz CT molecular complexity index is 807. The van der Waals surface area contributed by atoms with Gasteiger partial charge in [-0.25, -0.2) is 4.79 Å². The fraction of sp³-hybridized carbons (Fsp3) is 0.154. The molecule has 0 aliphatic carbocycles. The number of hydrogen-bond acceptors (Lipinski definition) is 6. The molecule has 5 nitrogen and oxygen atoms in total. The Kier molecular flexibility index (Phi) is 2.79. The molecule has 2 aromatic heterocycles. The minimum atomic E-state index is -0.356. The average Bonchev–Trinajstić information content (AvgIpc) is 2.74. The molecule has 0 aliphatic heterocycles. The summed E-state index contributed by atoms with van der Waals surface area (Å²) in [5.74, 6) is 0. The Hall–Kier alpha value is -2.21. The smallest absolute Gasteiger partial charge is 0.336 e. The quantitative estimate of drug-likeness (QED) is 0.723. The van der Waals surface area contributed by atoms with Crippen molar-refractivity contribution >= 4 is 27.4 Å². The molecule has 6 heteroatoms. The zero-order valence-corrected chi connectivity index (χ0v) is 11.0. The van der Waals surface area contributed by atoms with Gasteiger partial charge in [-0.1, -0.05) is 23.5 Å². The SMILES string of the molecule is Cc1ccc2c(Cc3nnc(N)s3)cc(=O)oc2c1. The van der Waals surface area contributed by atoms with E-state index in [-0.39, 0.29) is 5.63 Å². The summed E-state index contributed by atoms with van der Waals surface area (Å²) in [5, 5.41) is 9.88. The van der Waals surface area contributed by atoms with Crippen molar-refractivity contribution in [3.8, 4) is 0 Å². The minimum absolute atomic E-state index is 0.356. The third kappa shape index (κ3) is 2.34. The highest BCUT2D eigenvalue weighted by atomic mass is 32.1. The molecule has 0 radical (unpaired) electrons. The Morgan fingerprint density at radius 3 is 2.89 bits per heavy atom. The van der Waals surface area contributed by atoms with E-state index in [0.29, 0.717) is 17.1 Å². The topological polar surface area (TPSA) is 82.0 Å². The minimum Gasteiger partial charge on any atom is -0.423 e. The summed E-state index contributed by atoms with van der Waals surface area (Å²) < 4.78 is 5.21. The van der Waals surface area contributed by atoms with Gasteiger partial charge in [0.15, 0.2) is 0 Å². The molecule has 0 bridgehead atoms. The van der Waals surface area contributed by atoms with E-state index in [1.807, 2.05) is 25.1 Å². The normalized spacial score (nSPS) is 11.0. The van der Waals surface area contributed by atoms with Gasteiger partial charge in [0.25, 0.3) is 0 Å². The number of nitrogen functional groups attached to an aromatic ring is 1. The van der Waals surface area contributed by atoms with Crippen molar-refractivity contribution < 1.29 is 4.42 Å². The molecule has 1 aromatic carbocycles. The van der Waals surface area contributed by atoms with Gasteiger partial charge in [-0.2, -0.15) is 0 Å². The van der Waals surface area contributed by atoms with E-state index < -0.39 is 0 Å². The number of aromatic nitrogens is 2. The van der Waals surface area contributed by atoms with Crippen molar-refractivity contribution in [2.24, 2.45) is 0 Å². The van der Waals surface area contributed by atoms with Crippen molar-refractivity contribution in [1.82, 2.24) is 10.2 Å². The first-order valence-corrected chi connectivity index (χ1v) is 6.55. The first-order chi connectivity index (χ1) is 9.11. The second-order valence-corrected chi connectivity index (χ2v) is 5.39. The predicted octanol–water partition coefficient (Wildman–Crippen LogP) is 2.13. The Morgan fingerprint density at radius 2 is 2.16 bits per heavy atom. The molecular weight excluding hydrogens is 262 g/mol. The lowest BCUT2D eigenvalue weighted by molar-refractivity contribution is 0.559. The van der Waals surface area contributed by atoms with E-state index in [9.17, 15) is 4.79 Å². The molecule has 0 spiro atoms. The van der Waals surface area contributed by atoms with Gasteiger partial charge in [0.1, 0.15) is 10.6 Å². The summed E-state index contributed by atoms with van der Waals surface area (Å²) in [6.45, 7) is 1.96. The van der Waals surface area contributed by atoms with Crippen molar-refractivity contribution in [3.63, 3.8) is 0 Å². The van der Waals surface area contributed by atoms with Gasteiger partial charge < -0.3 is 10.2 Å². The van der Waals surface area contributed by atoms with Crippen LogP contribution in [0.1, 0.15) is 16.1 Å². The number of nitrogens with zero attached hydrogens (tertiary/aromatic N) is 2. The molecule has 2 N–H and O–H groups in total. The fourth-order valence-electron chi connectivity index (χ4n) is 1.98. The van der Waals surface area contributed by atoms with E-state index in [1.165, 1.54) is 17.4 Å². The molecule has 2 heterocycles. The molecule has 0 saturated heterocycles. The van der Waals surface area contributed by atoms with Crippen LogP contribution in [0, 0.1) is 6.92 Å². The molecule has 19 heavy (non-hydrogen) atoms. The molecule has 0 fully saturated rings. The highest BCUT2D eigenvalue weighted by Crippen LogP contribution is 2.22. The number of fused-ring (bicyclic) bond motifs is 1. The van der Waals surface area contributed by atoms with Crippen LogP contribution in [0.4, 0.5) is 5.13 Å². The van der Waals surface area contributed by atoms with Crippen LogP contribution in [0.15, 0.2) is 33.5 Å². The maximum atomic E-state index is 11.6. The Balaban J connectivity index is 2.14. The lowest BCUT2D eigenvalue weighted by Crippen LogP contribution is -2.01. The number of aryl methyl sites for hydroxylation is 1. The van der Waals surface area contributed by atoms with Gasteiger partial charge in [-0.15, -0.1) is 10.2 Å². The number of rotatable bonds is 2. The highest BCUT2D eigenvalue weighted by molar-refractivity contribution is 7.15. The van der Waals surface area contributed by atoms with Crippen molar-refractivity contribution in [2.75, 3.05) is 5.73 Å². The van der Waals surface area contributed by atoms with Crippen molar-refractivity contribution in [3.05, 3.63) is 50.8 Å². The standard InChI is InChI=1S/C13H11N3O2S/c1-7-2-3-9-8(5-11-15-16-13(14)19-11)6-12(17)18-10(9)4-7/h2-4,6H,5H2,1H3,(H2,14,16). The molecule has 0 unspecified atom stereocenters. The van der Waals surface area contributed by atoms with Gasteiger partial charge in [0.2, 0.25) is 5.13 Å². The second kappa shape index (κ2) is 4.47. The van der Waals surface area contributed by atoms with Gasteiger partial charge in [0.05, 0.1) is 0 Å². The molecule has 3 aromatic rings. The largest absolute Gasteiger partial charge is 0.423 e. The average molecular weight is 273 g/mol. The number of benzene rings is 1. The summed E-state index contributed by atoms with van der Waals surface area (Å²) in [7, 11) is 0. The van der Waals surface area contributed by atoms with Crippen LogP contribution >= 0.6 is 11.3 Å². The first kappa shape index (κ1) is 11.9. The molecule has 0 saturated carbocycles. The third-order valence-electron chi connectivity index (χ3n) is 2.81. The number of hydrogen-bond donors (Lipinski definition) is 1. The Labute approximate surface area is 112 Å². The van der Waals surface area contributed by atoms with E-state index in [0.717, 1.165) is 21.5 Å². The maximum absolute atomic E-state index is 11.6. The van der Waals surface area contributed by atoms with Gasteiger partial charge in [-0.05, 0) is 24.1 Å². The van der Waals surface area contributed by atoms with Crippen LogP contribution in [-0.2, 0) is 6.42 Å². The zero-order valence-electron chi connectivity index (χ0n) is 10.2. The highest BCUT2D eigenvalue weighted by Gasteiger charge is 2.09. The van der Waals surface area contributed by atoms with Gasteiger partial charge >= 0.3 is 5.63 Å². The van der Waals surface area contributed by atoms with Crippen LogP contribution in [0.3, 0.4) is 0 Å². The maximum Gasteiger partial charge on any atom is 0.336 e. The zero-order chi connectivity index (χ0) is 13.4. The van der Waals surface area contributed by atoms with E-state index >= 15 is 0 Å². The summed E-state index contributed by atoms with van der Waals surface area (Å²) in [6, 6.07) is 7.29. The van der Waals surface area contributed by atoms with Crippen LogP contribution < -0.4 is 11.4 Å². The third-order valence-corrected chi connectivity index (χ3v) is 3.56. The monoisotopic (exact) mass is 273 g/mol. The fourth-order valence-corrected chi connectivity index (χ4v) is 2.62. The van der Waals surface area contributed by atoms with E-state index in [2.05, 4.69) is 10.2 Å². The van der Waals surface area contributed by atoms with Crippen LogP contribution in [0.25, 0.3) is 11.0 Å². The summed E-state index contributed by atoms with van der Waals surface area (Å²) in [4.78, 5) is 11.6. The van der Waals surface area contributed by atoms with Crippen LogP contribution in [-0.4, -0.2) is 10.2 Å². The molecule has 0 atom stereocenters. The molecule has 0 amide bonds. The summed E-state index contributed by atoms with van der Waals surface area (Å²) in [5.41, 5.74) is 7.73. The molecular formula is C13H11N3O2S. The second-order valence-electron chi connectivity index (χ2n) is 4.30. The van der Waals surface area contributed by atoms with Crippen LogP contribution in [0.2, 0.25) is 0 Å². The lowest BCUT2D eigenvalue weighted by Gasteiger charge is -2.03. The lowest BCUT2D eigenvalue weighted by atomic mass is 10.1. The summed E-state index contributed by atoms with van der Waals surface area (Å²) in [6.07, 6.45) is 0.528. The molecule has 3 rings (SSSR count). The van der Waals surface area contributed by atoms with E-state index in [4.69, 9.17) is 10.2 Å². The predicted molar refractivity (Wildman–Crippen MR) is 74.3 cm³/mol.